The lowest BCUT2D eigenvalue weighted by Crippen LogP contribution is -2.01. The second kappa shape index (κ2) is 5.93. The Morgan fingerprint density at radius 1 is 1.32 bits per heavy atom. The topological polar surface area (TPSA) is 39.2 Å². The molecule has 0 aliphatic rings. The smallest absolute Gasteiger partial charge is 0.124 e. The summed E-state index contributed by atoms with van der Waals surface area (Å²) < 4.78 is 30.4. The minimum Gasteiger partial charge on any atom is -0.497 e. The van der Waals surface area contributed by atoms with Gasteiger partial charge in [-0.1, -0.05) is 6.07 Å². The van der Waals surface area contributed by atoms with Gasteiger partial charge in [0.2, 0.25) is 0 Å². The molecule has 19 heavy (non-hydrogen) atoms. The molecule has 0 saturated carbocycles. The van der Waals surface area contributed by atoms with Gasteiger partial charge in [0.15, 0.2) is 0 Å². The molecule has 0 aliphatic carbocycles. The lowest BCUT2D eigenvalue weighted by Gasteiger charge is -2.06. The zero-order valence-corrected chi connectivity index (χ0v) is 11.5. The van der Waals surface area contributed by atoms with Gasteiger partial charge in [-0.05, 0) is 25.1 Å². The van der Waals surface area contributed by atoms with Crippen molar-refractivity contribution in [2.24, 2.45) is 0 Å². The standard InChI is InChI=1S/C14H14FNO2S/c1-10-6-13(18-2)8-12(16-10)9-19(17)14-5-3-4-11(15)7-14/h3-8H,9H2,1-2H3. The van der Waals surface area contributed by atoms with Gasteiger partial charge in [-0.15, -0.1) is 0 Å². The molecule has 1 atom stereocenters. The van der Waals surface area contributed by atoms with Gasteiger partial charge in [0.05, 0.1) is 29.4 Å². The third-order valence-corrected chi connectivity index (χ3v) is 3.89. The summed E-state index contributed by atoms with van der Waals surface area (Å²) in [5.41, 5.74) is 1.46. The lowest BCUT2D eigenvalue weighted by molar-refractivity contribution is 0.413. The highest BCUT2D eigenvalue weighted by Crippen LogP contribution is 2.17. The molecule has 0 N–H and O–H groups in total. The van der Waals surface area contributed by atoms with Crippen molar-refractivity contribution in [3.05, 3.63) is 53.6 Å². The maximum absolute atomic E-state index is 13.1. The predicted molar refractivity (Wildman–Crippen MR) is 72.0 cm³/mol. The summed E-state index contributed by atoms with van der Waals surface area (Å²) in [7, 11) is 0.250. The van der Waals surface area contributed by atoms with Crippen LogP contribution in [-0.4, -0.2) is 16.3 Å². The van der Waals surface area contributed by atoms with Gasteiger partial charge in [0.25, 0.3) is 0 Å². The van der Waals surface area contributed by atoms with Gasteiger partial charge >= 0.3 is 0 Å². The van der Waals surface area contributed by atoms with Crippen LogP contribution in [0.3, 0.4) is 0 Å². The van der Waals surface area contributed by atoms with Crippen LogP contribution in [0.1, 0.15) is 11.4 Å². The lowest BCUT2D eigenvalue weighted by atomic mass is 10.3. The Morgan fingerprint density at radius 3 is 2.79 bits per heavy atom. The Labute approximate surface area is 113 Å². The van der Waals surface area contributed by atoms with Gasteiger partial charge < -0.3 is 4.74 Å². The Morgan fingerprint density at radius 2 is 2.11 bits per heavy atom. The van der Waals surface area contributed by atoms with E-state index in [4.69, 9.17) is 4.74 Å². The van der Waals surface area contributed by atoms with E-state index < -0.39 is 10.8 Å². The van der Waals surface area contributed by atoms with E-state index in [2.05, 4.69) is 4.98 Å². The number of nitrogens with zero attached hydrogens (tertiary/aromatic N) is 1. The number of benzene rings is 1. The number of halogens is 1. The molecule has 0 spiro atoms. The summed E-state index contributed by atoms with van der Waals surface area (Å²) in [6.45, 7) is 1.84. The fourth-order valence-electron chi connectivity index (χ4n) is 1.72. The van der Waals surface area contributed by atoms with Crippen LogP contribution in [0.15, 0.2) is 41.3 Å². The van der Waals surface area contributed by atoms with Crippen LogP contribution in [0.4, 0.5) is 4.39 Å². The predicted octanol–water partition coefficient (Wildman–Crippen LogP) is 2.85. The molecule has 1 unspecified atom stereocenters. The first-order valence-electron chi connectivity index (χ1n) is 5.74. The van der Waals surface area contributed by atoms with Crippen LogP contribution in [0.5, 0.6) is 5.75 Å². The summed E-state index contributed by atoms with van der Waals surface area (Å²) in [6.07, 6.45) is 0. The molecule has 0 fully saturated rings. The van der Waals surface area contributed by atoms with Crippen LogP contribution in [0.2, 0.25) is 0 Å². The van der Waals surface area contributed by atoms with Crippen molar-refractivity contribution in [3.8, 4) is 5.75 Å². The molecule has 1 aromatic carbocycles. The normalized spacial score (nSPS) is 12.2. The molecule has 1 aromatic heterocycles. The van der Waals surface area contributed by atoms with Crippen molar-refractivity contribution < 1.29 is 13.3 Å². The average Bonchev–Trinajstić information content (AvgIpc) is 2.38. The van der Waals surface area contributed by atoms with Crippen LogP contribution in [0.25, 0.3) is 0 Å². The van der Waals surface area contributed by atoms with Gasteiger partial charge in [-0.2, -0.15) is 0 Å². The molecule has 0 bridgehead atoms. The van der Waals surface area contributed by atoms with Gasteiger partial charge in [-0.25, -0.2) is 4.39 Å². The minimum atomic E-state index is -1.32. The van der Waals surface area contributed by atoms with Crippen LogP contribution in [-0.2, 0) is 16.6 Å². The van der Waals surface area contributed by atoms with E-state index in [1.807, 2.05) is 6.92 Å². The average molecular weight is 279 g/mol. The molecule has 2 rings (SSSR count). The second-order valence-electron chi connectivity index (χ2n) is 4.09. The number of ether oxygens (including phenoxy) is 1. The highest BCUT2D eigenvalue weighted by Gasteiger charge is 2.09. The number of hydrogen-bond donors (Lipinski definition) is 0. The van der Waals surface area contributed by atoms with Gasteiger partial charge in [-0.3, -0.25) is 9.19 Å². The first-order valence-corrected chi connectivity index (χ1v) is 7.06. The van der Waals surface area contributed by atoms with E-state index in [0.717, 1.165) is 5.69 Å². The molecule has 1 heterocycles. The molecular weight excluding hydrogens is 265 g/mol. The highest BCUT2D eigenvalue weighted by molar-refractivity contribution is 7.84. The van der Waals surface area contributed by atoms with Gasteiger partial charge in [0, 0.05) is 22.7 Å². The van der Waals surface area contributed by atoms with E-state index in [9.17, 15) is 8.60 Å². The molecule has 5 heteroatoms. The molecular formula is C14H14FNO2S. The SMILES string of the molecule is COc1cc(C)nc(CS(=O)c2cccc(F)c2)c1. The molecule has 0 amide bonds. The van der Waals surface area contributed by atoms with E-state index in [1.54, 1.807) is 31.4 Å². The zero-order valence-electron chi connectivity index (χ0n) is 10.7. The molecule has 0 saturated heterocycles. The fraction of sp³-hybridized carbons (Fsp3) is 0.214. The van der Waals surface area contributed by atoms with E-state index in [-0.39, 0.29) is 11.6 Å². The van der Waals surface area contributed by atoms with Crippen LogP contribution < -0.4 is 4.74 Å². The fourth-order valence-corrected chi connectivity index (χ4v) is 2.78. The second-order valence-corrected chi connectivity index (χ2v) is 5.54. The molecule has 0 aliphatic heterocycles. The van der Waals surface area contributed by atoms with E-state index in [1.165, 1.54) is 12.1 Å². The summed E-state index contributed by atoms with van der Waals surface area (Å²) >= 11 is 0. The first kappa shape index (κ1) is 13.7. The first-order chi connectivity index (χ1) is 9.08. The van der Waals surface area contributed by atoms with Crippen molar-refractivity contribution >= 4 is 10.8 Å². The number of rotatable bonds is 4. The Balaban J connectivity index is 2.21. The molecule has 0 radical (unpaired) electrons. The number of pyridine rings is 1. The quantitative estimate of drug-likeness (QED) is 0.864. The van der Waals surface area contributed by atoms with Crippen molar-refractivity contribution in [1.82, 2.24) is 4.98 Å². The highest BCUT2D eigenvalue weighted by atomic mass is 32.2. The van der Waals surface area contributed by atoms with Crippen LogP contribution in [0, 0.1) is 12.7 Å². The molecule has 3 nitrogen and oxygen atoms in total. The van der Waals surface area contributed by atoms with E-state index in [0.29, 0.717) is 16.3 Å². The zero-order chi connectivity index (χ0) is 13.8. The maximum atomic E-state index is 13.1. The Hall–Kier alpha value is -1.75. The van der Waals surface area contributed by atoms with Crippen molar-refractivity contribution in [2.45, 2.75) is 17.6 Å². The third kappa shape index (κ3) is 3.61. The Bertz CT molecular complexity index is 616. The maximum Gasteiger partial charge on any atom is 0.124 e. The summed E-state index contributed by atoms with van der Waals surface area (Å²) in [5, 5.41) is 0. The van der Waals surface area contributed by atoms with Gasteiger partial charge in [0.1, 0.15) is 11.6 Å². The largest absolute Gasteiger partial charge is 0.497 e. The summed E-state index contributed by atoms with van der Waals surface area (Å²) in [6, 6.07) is 9.34. The van der Waals surface area contributed by atoms with Crippen molar-refractivity contribution in [1.29, 1.82) is 0 Å². The monoisotopic (exact) mass is 279 g/mol. The minimum absolute atomic E-state index is 0.238. The molecule has 100 valence electrons. The van der Waals surface area contributed by atoms with Crippen molar-refractivity contribution in [2.75, 3.05) is 7.11 Å². The number of aryl methyl sites for hydroxylation is 1. The van der Waals surface area contributed by atoms with Crippen molar-refractivity contribution in [3.63, 3.8) is 0 Å². The Kier molecular flexibility index (Phi) is 4.27. The molecule has 2 aromatic rings. The van der Waals surface area contributed by atoms with E-state index >= 15 is 0 Å². The number of hydrogen-bond acceptors (Lipinski definition) is 3. The number of methoxy groups -OCH3 is 1. The summed E-state index contributed by atoms with van der Waals surface area (Å²) in [4.78, 5) is 4.76. The third-order valence-electron chi connectivity index (χ3n) is 2.55. The summed E-state index contributed by atoms with van der Waals surface area (Å²) in [5.74, 6) is 0.529. The number of aromatic nitrogens is 1. The van der Waals surface area contributed by atoms with Crippen LogP contribution >= 0.6 is 0 Å².